The van der Waals surface area contributed by atoms with Gasteiger partial charge in [0.05, 0.1) is 11.5 Å². The van der Waals surface area contributed by atoms with Gasteiger partial charge >= 0.3 is 5.97 Å². The van der Waals surface area contributed by atoms with Gasteiger partial charge in [0.2, 0.25) is 0 Å². The molecule has 0 aliphatic rings. The van der Waals surface area contributed by atoms with Crippen molar-refractivity contribution in [2.75, 3.05) is 11.5 Å². The Kier molecular flexibility index (Phi) is 10.1. The molecule has 0 bridgehead atoms. The molecule has 9 nitrogen and oxygen atoms in total. The highest BCUT2D eigenvalue weighted by molar-refractivity contribution is 7.87. The predicted octanol–water partition coefficient (Wildman–Crippen LogP) is 1.56. The summed E-state index contributed by atoms with van der Waals surface area (Å²) < 4.78 is 61.6. The van der Waals surface area contributed by atoms with Crippen LogP contribution in [0.25, 0.3) is 0 Å². The maximum absolute atomic E-state index is 11.9. The molecule has 0 aromatic carbocycles. The van der Waals surface area contributed by atoms with Gasteiger partial charge in [-0.05, 0) is 54.4 Å². The zero-order chi connectivity index (χ0) is 21.5. The number of Topliss-reactive ketones (excluding diaryl/α,β-unsaturated/α-hetero) is 1. The number of unbranched alkanes of at least 4 members (excludes halogenated alkanes) is 2. The van der Waals surface area contributed by atoms with Crippen LogP contribution in [0.2, 0.25) is 0 Å². The lowest BCUT2D eigenvalue weighted by atomic mass is 10.2. The number of carbonyl (C=O) groups excluding carboxylic acids is 2. The van der Waals surface area contributed by atoms with Crippen molar-refractivity contribution in [1.82, 2.24) is 0 Å². The highest BCUT2D eigenvalue weighted by atomic mass is 32.2. The van der Waals surface area contributed by atoms with E-state index in [4.69, 9.17) is 13.1 Å². The maximum atomic E-state index is 11.9. The molecule has 0 radical (unpaired) electrons. The summed E-state index contributed by atoms with van der Waals surface area (Å²) in [5.41, 5.74) is -0.758. The second-order valence-corrected chi connectivity index (χ2v) is 10.6. The average Bonchev–Trinajstić information content (AvgIpc) is 2.43. The van der Waals surface area contributed by atoms with E-state index in [1.54, 1.807) is 20.8 Å². The van der Waals surface area contributed by atoms with Crippen molar-refractivity contribution >= 4 is 32.0 Å². The van der Waals surface area contributed by atoms with Gasteiger partial charge in [-0.2, -0.15) is 16.8 Å². The first-order valence-electron chi connectivity index (χ1n) is 8.60. The molecule has 0 saturated heterocycles. The molecule has 2 unspecified atom stereocenters. The summed E-state index contributed by atoms with van der Waals surface area (Å²) in [4.78, 5) is 22.8. The van der Waals surface area contributed by atoms with Crippen molar-refractivity contribution in [3.63, 3.8) is 0 Å². The Morgan fingerprint density at radius 1 is 0.815 bits per heavy atom. The van der Waals surface area contributed by atoms with Crippen molar-refractivity contribution in [3.05, 3.63) is 0 Å². The van der Waals surface area contributed by atoms with E-state index >= 15 is 0 Å². The molecule has 0 saturated carbocycles. The maximum Gasteiger partial charge on any atom is 0.337 e. The highest BCUT2D eigenvalue weighted by Crippen LogP contribution is 2.13. The largest absolute Gasteiger partial charge is 0.458 e. The van der Waals surface area contributed by atoms with E-state index in [-0.39, 0.29) is 24.3 Å². The normalized spacial score (nSPS) is 15.2. The first kappa shape index (κ1) is 26.0. The Balaban J connectivity index is 4.29. The van der Waals surface area contributed by atoms with Crippen LogP contribution in [0.3, 0.4) is 0 Å². The van der Waals surface area contributed by atoms with E-state index < -0.39 is 49.8 Å². The Morgan fingerprint density at radius 2 is 1.22 bits per heavy atom. The molecule has 0 N–H and O–H groups in total. The van der Waals surface area contributed by atoms with E-state index in [1.807, 2.05) is 0 Å². The fourth-order valence-electron chi connectivity index (χ4n) is 1.76. The summed E-state index contributed by atoms with van der Waals surface area (Å²) in [6, 6.07) is 0. The zero-order valence-corrected chi connectivity index (χ0v) is 18.3. The minimum Gasteiger partial charge on any atom is -0.458 e. The third kappa shape index (κ3) is 12.9. The van der Waals surface area contributed by atoms with Crippen LogP contribution in [0.1, 0.15) is 60.8 Å². The van der Waals surface area contributed by atoms with Crippen LogP contribution >= 0.6 is 0 Å². The van der Waals surface area contributed by atoms with Gasteiger partial charge in [0, 0.05) is 0 Å². The topological polar surface area (TPSA) is 130 Å². The molecule has 0 amide bonds. The van der Waals surface area contributed by atoms with E-state index in [0.717, 1.165) is 0 Å². The van der Waals surface area contributed by atoms with Crippen molar-refractivity contribution < 1.29 is 39.5 Å². The third-order valence-electron chi connectivity index (χ3n) is 3.18. The standard InChI is InChI=1S/C16H30O9S2/c1-12(17)13(2)24-26(19,20)10-8-7-9-11-27(21,22)25-14(3)15(18)23-16(4,5)6/h13-14H,7-11H2,1-6H3. The van der Waals surface area contributed by atoms with Crippen LogP contribution in [0.4, 0.5) is 0 Å². The molecule has 0 spiro atoms. The second-order valence-electron chi connectivity index (χ2n) is 7.21. The summed E-state index contributed by atoms with van der Waals surface area (Å²) in [5.74, 6) is -1.86. The number of rotatable bonds is 12. The molecule has 2 atom stereocenters. The van der Waals surface area contributed by atoms with Crippen LogP contribution in [0.15, 0.2) is 0 Å². The SMILES string of the molecule is CC(=O)C(C)OS(=O)(=O)CCCCCS(=O)(=O)OC(C)C(=O)OC(C)(C)C. The van der Waals surface area contributed by atoms with Gasteiger partial charge in [0.25, 0.3) is 20.2 Å². The van der Waals surface area contributed by atoms with Crippen molar-refractivity contribution in [2.24, 2.45) is 0 Å². The molecule has 0 rings (SSSR count). The molecule has 27 heavy (non-hydrogen) atoms. The number of carbonyl (C=O) groups is 2. The van der Waals surface area contributed by atoms with Gasteiger partial charge in [-0.3, -0.25) is 13.2 Å². The molecule has 0 aliphatic carbocycles. The fraction of sp³-hybridized carbons (Fsp3) is 0.875. The Hall–Kier alpha value is -1.04. The number of ketones is 1. The van der Waals surface area contributed by atoms with Gasteiger partial charge in [0.15, 0.2) is 11.9 Å². The van der Waals surface area contributed by atoms with Crippen LogP contribution in [-0.4, -0.2) is 57.9 Å². The summed E-state index contributed by atoms with van der Waals surface area (Å²) >= 11 is 0. The van der Waals surface area contributed by atoms with Crippen molar-refractivity contribution in [2.45, 2.75) is 78.6 Å². The molecule has 0 fully saturated rings. The average molecular weight is 431 g/mol. The van der Waals surface area contributed by atoms with Gasteiger partial charge in [-0.1, -0.05) is 6.42 Å². The molecular weight excluding hydrogens is 400 g/mol. The van der Waals surface area contributed by atoms with Gasteiger partial charge in [0.1, 0.15) is 11.7 Å². The lowest BCUT2D eigenvalue weighted by Gasteiger charge is -2.22. The number of hydrogen-bond acceptors (Lipinski definition) is 9. The summed E-state index contributed by atoms with van der Waals surface area (Å²) in [5, 5.41) is 0. The van der Waals surface area contributed by atoms with Crippen molar-refractivity contribution in [1.29, 1.82) is 0 Å². The van der Waals surface area contributed by atoms with E-state index in [9.17, 15) is 26.4 Å². The molecular formula is C16H30O9S2. The van der Waals surface area contributed by atoms with Gasteiger partial charge in [-0.25, -0.2) is 4.79 Å². The fourth-order valence-corrected chi connectivity index (χ4v) is 4.16. The monoisotopic (exact) mass is 430 g/mol. The van der Waals surface area contributed by atoms with Crippen LogP contribution < -0.4 is 0 Å². The van der Waals surface area contributed by atoms with E-state index in [1.165, 1.54) is 20.8 Å². The van der Waals surface area contributed by atoms with Crippen molar-refractivity contribution in [3.8, 4) is 0 Å². The summed E-state index contributed by atoms with van der Waals surface area (Å²) in [6.07, 6.45) is -1.69. The molecule has 11 heteroatoms. The third-order valence-corrected chi connectivity index (χ3v) is 5.92. The quantitative estimate of drug-likeness (QED) is 0.257. The van der Waals surface area contributed by atoms with Crippen LogP contribution in [-0.2, 0) is 42.9 Å². The molecule has 160 valence electrons. The number of esters is 1. The van der Waals surface area contributed by atoms with Crippen LogP contribution in [0, 0.1) is 0 Å². The predicted molar refractivity (Wildman–Crippen MR) is 99.0 cm³/mol. The Bertz CT molecular complexity index is 703. The lowest BCUT2D eigenvalue weighted by Crippen LogP contribution is -2.33. The lowest BCUT2D eigenvalue weighted by molar-refractivity contribution is -0.162. The highest BCUT2D eigenvalue weighted by Gasteiger charge is 2.27. The molecule has 0 heterocycles. The Morgan fingerprint density at radius 3 is 1.59 bits per heavy atom. The van der Waals surface area contributed by atoms with E-state index in [0.29, 0.717) is 6.42 Å². The number of hydrogen-bond donors (Lipinski definition) is 0. The summed E-state index contributed by atoms with van der Waals surface area (Å²) in [7, 11) is -7.81. The molecule has 0 aliphatic heterocycles. The first-order valence-corrected chi connectivity index (χ1v) is 11.8. The molecule has 0 aromatic rings. The van der Waals surface area contributed by atoms with Crippen LogP contribution in [0.5, 0.6) is 0 Å². The first-order chi connectivity index (χ1) is 12.0. The van der Waals surface area contributed by atoms with E-state index in [2.05, 4.69) is 0 Å². The minimum atomic E-state index is -3.95. The smallest absolute Gasteiger partial charge is 0.337 e. The minimum absolute atomic E-state index is 0.154. The number of ether oxygens (including phenoxy) is 1. The zero-order valence-electron chi connectivity index (χ0n) is 16.7. The molecule has 0 aromatic heterocycles. The second kappa shape index (κ2) is 10.5. The Labute approximate surface area is 162 Å². The summed E-state index contributed by atoms with van der Waals surface area (Å²) in [6.45, 7) is 8.81. The van der Waals surface area contributed by atoms with Gasteiger partial charge in [-0.15, -0.1) is 0 Å². The van der Waals surface area contributed by atoms with Gasteiger partial charge < -0.3 is 4.74 Å².